The molecule has 0 saturated heterocycles. The summed E-state index contributed by atoms with van der Waals surface area (Å²) in [5.41, 5.74) is 9.60. The molecular weight excluding hydrogens is 222 g/mol. The molecule has 2 atom stereocenters. The Labute approximate surface area is 108 Å². The monoisotopic (exact) mass is 243 g/mol. The average Bonchev–Trinajstić information content (AvgIpc) is 2.85. The molecule has 1 fully saturated rings. The van der Waals surface area contributed by atoms with Crippen molar-refractivity contribution in [3.8, 4) is 0 Å². The number of nitrogens with zero attached hydrogens (tertiary/aromatic N) is 2. The second-order valence-electron chi connectivity index (χ2n) is 5.81. The van der Waals surface area contributed by atoms with Crippen LogP contribution in [-0.2, 0) is 6.54 Å². The van der Waals surface area contributed by atoms with Crippen LogP contribution in [0, 0.1) is 18.8 Å². The van der Waals surface area contributed by atoms with Gasteiger partial charge >= 0.3 is 0 Å². The molecule has 1 aromatic heterocycles. The average molecular weight is 243 g/mol. The van der Waals surface area contributed by atoms with Gasteiger partial charge in [0.2, 0.25) is 5.95 Å². The number of nitrogens with two attached hydrogens (primary N) is 1. The number of benzene rings is 1. The highest BCUT2D eigenvalue weighted by atomic mass is 15.2. The van der Waals surface area contributed by atoms with Crippen LogP contribution in [0.15, 0.2) is 18.2 Å². The second-order valence-corrected chi connectivity index (χ2v) is 5.81. The lowest BCUT2D eigenvalue weighted by Gasteiger charge is -2.13. The SMILES string of the molecule is Cc1cccc2nc(N)n(CC3CCC(C)C3)c12. The summed E-state index contributed by atoms with van der Waals surface area (Å²) in [6.07, 6.45) is 4.01. The maximum atomic E-state index is 6.09. The fourth-order valence-corrected chi connectivity index (χ4v) is 3.32. The Hall–Kier alpha value is -1.51. The third kappa shape index (κ3) is 1.88. The van der Waals surface area contributed by atoms with E-state index in [4.69, 9.17) is 5.73 Å². The molecule has 18 heavy (non-hydrogen) atoms. The number of anilines is 1. The molecule has 0 radical (unpaired) electrons. The molecule has 3 heteroatoms. The predicted molar refractivity (Wildman–Crippen MR) is 75.4 cm³/mol. The fraction of sp³-hybridized carbons (Fsp3) is 0.533. The Balaban J connectivity index is 1.98. The number of hydrogen-bond acceptors (Lipinski definition) is 2. The van der Waals surface area contributed by atoms with E-state index in [0.29, 0.717) is 5.95 Å². The van der Waals surface area contributed by atoms with Crippen LogP contribution in [0.3, 0.4) is 0 Å². The first kappa shape index (κ1) is 11.6. The molecule has 0 spiro atoms. The number of aryl methyl sites for hydroxylation is 1. The summed E-state index contributed by atoms with van der Waals surface area (Å²) in [5.74, 6) is 2.30. The molecule has 0 amide bonds. The number of rotatable bonds is 2. The van der Waals surface area contributed by atoms with Gasteiger partial charge in [-0.3, -0.25) is 0 Å². The van der Waals surface area contributed by atoms with Gasteiger partial charge in [0.05, 0.1) is 11.0 Å². The van der Waals surface area contributed by atoms with Gasteiger partial charge in [-0.2, -0.15) is 0 Å². The van der Waals surface area contributed by atoms with Crippen LogP contribution in [-0.4, -0.2) is 9.55 Å². The zero-order valence-corrected chi connectivity index (χ0v) is 11.2. The third-order valence-electron chi connectivity index (χ3n) is 4.24. The van der Waals surface area contributed by atoms with Gasteiger partial charge in [-0.05, 0) is 43.2 Å². The summed E-state index contributed by atoms with van der Waals surface area (Å²) in [5, 5.41) is 0. The van der Waals surface area contributed by atoms with E-state index in [0.717, 1.165) is 23.9 Å². The van der Waals surface area contributed by atoms with E-state index in [1.165, 1.54) is 30.3 Å². The Morgan fingerprint density at radius 2 is 2.22 bits per heavy atom. The fourth-order valence-electron chi connectivity index (χ4n) is 3.32. The minimum absolute atomic E-state index is 0.666. The Morgan fingerprint density at radius 3 is 2.94 bits per heavy atom. The number of nitrogen functional groups attached to an aromatic ring is 1. The molecule has 0 bridgehead atoms. The molecule has 2 aromatic rings. The Kier molecular flexibility index (Phi) is 2.77. The molecule has 2 unspecified atom stereocenters. The second kappa shape index (κ2) is 4.30. The highest BCUT2D eigenvalue weighted by Gasteiger charge is 2.23. The number of fused-ring (bicyclic) bond motifs is 1. The van der Waals surface area contributed by atoms with Crippen LogP contribution in [0.5, 0.6) is 0 Å². The molecule has 1 aromatic carbocycles. The maximum Gasteiger partial charge on any atom is 0.201 e. The Bertz CT molecular complexity index is 570. The smallest absolute Gasteiger partial charge is 0.201 e. The molecule has 3 nitrogen and oxygen atoms in total. The van der Waals surface area contributed by atoms with Crippen molar-refractivity contribution in [2.75, 3.05) is 5.73 Å². The molecule has 0 aliphatic heterocycles. The zero-order chi connectivity index (χ0) is 12.7. The van der Waals surface area contributed by atoms with Crippen molar-refractivity contribution in [2.45, 2.75) is 39.7 Å². The highest BCUT2D eigenvalue weighted by Crippen LogP contribution is 2.33. The molecule has 1 aliphatic carbocycles. The van der Waals surface area contributed by atoms with Gasteiger partial charge in [0.1, 0.15) is 0 Å². The summed E-state index contributed by atoms with van der Waals surface area (Å²) in [6.45, 7) is 5.51. The maximum absolute atomic E-state index is 6.09. The number of imidazole rings is 1. The van der Waals surface area contributed by atoms with Crippen molar-refractivity contribution in [1.82, 2.24) is 9.55 Å². The lowest BCUT2D eigenvalue weighted by atomic mass is 10.1. The van der Waals surface area contributed by atoms with Crippen LogP contribution >= 0.6 is 0 Å². The minimum Gasteiger partial charge on any atom is -0.369 e. The topological polar surface area (TPSA) is 43.8 Å². The molecule has 1 saturated carbocycles. The molecule has 96 valence electrons. The van der Waals surface area contributed by atoms with Gasteiger partial charge in [0, 0.05) is 6.54 Å². The van der Waals surface area contributed by atoms with Gasteiger partial charge in [0.15, 0.2) is 0 Å². The van der Waals surface area contributed by atoms with Crippen LogP contribution < -0.4 is 5.73 Å². The van der Waals surface area contributed by atoms with Crippen LogP contribution in [0.1, 0.15) is 31.7 Å². The quantitative estimate of drug-likeness (QED) is 0.879. The first-order valence-corrected chi connectivity index (χ1v) is 6.86. The molecular formula is C15H21N3. The summed E-state index contributed by atoms with van der Waals surface area (Å²) in [4.78, 5) is 4.48. The zero-order valence-electron chi connectivity index (χ0n) is 11.2. The normalized spacial score (nSPS) is 23.9. The van der Waals surface area contributed by atoms with Crippen LogP contribution in [0.25, 0.3) is 11.0 Å². The van der Waals surface area contributed by atoms with E-state index in [9.17, 15) is 0 Å². The van der Waals surface area contributed by atoms with Gasteiger partial charge in [-0.1, -0.05) is 25.5 Å². The van der Waals surface area contributed by atoms with E-state index in [1.807, 2.05) is 12.1 Å². The summed E-state index contributed by atoms with van der Waals surface area (Å²) in [6, 6.07) is 6.23. The minimum atomic E-state index is 0.666. The van der Waals surface area contributed by atoms with Crippen molar-refractivity contribution >= 4 is 17.0 Å². The van der Waals surface area contributed by atoms with Crippen molar-refractivity contribution < 1.29 is 0 Å². The first-order valence-electron chi connectivity index (χ1n) is 6.86. The predicted octanol–water partition coefficient (Wildman–Crippen LogP) is 3.36. The molecule has 3 rings (SSSR count). The van der Waals surface area contributed by atoms with E-state index in [-0.39, 0.29) is 0 Å². The van der Waals surface area contributed by atoms with Gasteiger partial charge in [0.25, 0.3) is 0 Å². The van der Waals surface area contributed by atoms with Crippen molar-refractivity contribution in [3.63, 3.8) is 0 Å². The van der Waals surface area contributed by atoms with Crippen LogP contribution in [0.4, 0.5) is 5.95 Å². The highest BCUT2D eigenvalue weighted by molar-refractivity contribution is 5.81. The van der Waals surface area contributed by atoms with E-state index < -0.39 is 0 Å². The molecule has 1 aliphatic rings. The van der Waals surface area contributed by atoms with Crippen molar-refractivity contribution in [3.05, 3.63) is 23.8 Å². The number of aromatic nitrogens is 2. The molecule has 1 heterocycles. The molecule has 2 N–H and O–H groups in total. The van der Waals surface area contributed by atoms with Gasteiger partial charge < -0.3 is 10.3 Å². The van der Waals surface area contributed by atoms with E-state index in [2.05, 4.69) is 29.5 Å². The lowest BCUT2D eigenvalue weighted by molar-refractivity contribution is 0.450. The number of hydrogen-bond donors (Lipinski definition) is 1. The van der Waals surface area contributed by atoms with E-state index >= 15 is 0 Å². The first-order chi connectivity index (χ1) is 8.65. The van der Waals surface area contributed by atoms with Gasteiger partial charge in [-0.25, -0.2) is 4.98 Å². The van der Waals surface area contributed by atoms with Crippen molar-refractivity contribution in [2.24, 2.45) is 11.8 Å². The largest absolute Gasteiger partial charge is 0.369 e. The van der Waals surface area contributed by atoms with Crippen LogP contribution in [0.2, 0.25) is 0 Å². The Morgan fingerprint density at radius 1 is 1.39 bits per heavy atom. The standard InChI is InChI=1S/C15H21N3/c1-10-6-7-12(8-10)9-18-14-11(2)4-3-5-13(14)17-15(18)16/h3-5,10,12H,6-9H2,1-2H3,(H2,16,17). The summed E-state index contributed by atoms with van der Waals surface area (Å²) >= 11 is 0. The summed E-state index contributed by atoms with van der Waals surface area (Å²) in [7, 11) is 0. The lowest BCUT2D eigenvalue weighted by Crippen LogP contribution is -2.11. The van der Waals surface area contributed by atoms with Crippen molar-refractivity contribution in [1.29, 1.82) is 0 Å². The third-order valence-corrected chi connectivity index (χ3v) is 4.24. The summed E-state index contributed by atoms with van der Waals surface area (Å²) < 4.78 is 2.22. The van der Waals surface area contributed by atoms with Gasteiger partial charge in [-0.15, -0.1) is 0 Å². The number of para-hydroxylation sites is 1. The van der Waals surface area contributed by atoms with E-state index in [1.54, 1.807) is 0 Å².